The lowest BCUT2D eigenvalue weighted by Gasteiger charge is -2.20. The van der Waals surface area contributed by atoms with E-state index in [1.165, 1.54) is 24.8 Å². The fourth-order valence-electron chi connectivity index (χ4n) is 4.26. The van der Waals surface area contributed by atoms with Crippen molar-refractivity contribution in [1.82, 2.24) is 15.0 Å². The highest BCUT2D eigenvalue weighted by molar-refractivity contribution is 6.04. The second-order valence-electron chi connectivity index (χ2n) is 9.23. The Morgan fingerprint density at radius 1 is 1.12 bits per heavy atom. The van der Waals surface area contributed by atoms with Crippen LogP contribution >= 0.6 is 0 Å². The summed E-state index contributed by atoms with van der Waals surface area (Å²) in [5, 5.41) is 12.1. The number of anilines is 1. The molecule has 0 saturated heterocycles. The molecule has 3 aromatic rings. The maximum atomic E-state index is 13.1. The van der Waals surface area contributed by atoms with Crippen molar-refractivity contribution >= 4 is 11.5 Å². The monoisotopic (exact) mass is 457 g/mol. The van der Waals surface area contributed by atoms with Gasteiger partial charge in [-0.25, -0.2) is 4.98 Å². The van der Waals surface area contributed by atoms with Crippen LogP contribution in [0.1, 0.15) is 86.6 Å². The third kappa shape index (κ3) is 5.99. The summed E-state index contributed by atoms with van der Waals surface area (Å²) in [5.74, 6) is 1.25. The number of aromatic amines is 1. The van der Waals surface area contributed by atoms with Gasteiger partial charge in [0.2, 0.25) is 0 Å². The fraction of sp³-hybridized carbons (Fsp3) is 0.429. The highest BCUT2D eigenvalue weighted by Crippen LogP contribution is 2.34. The molecule has 0 spiro atoms. The Morgan fingerprint density at radius 2 is 1.88 bits per heavy atom. The van der Waals surface area contributed by atoms with Gasteiger partial charge in [-0.2, -0.15) is 0 Å². The first-order chi connectivity index (χ1) is 16.6. The molecule has 1 fully saturated rings. The Hall–Kier alpha value is -3.28. The Labute approximate surface area is 201 Å². The van der Waals surface area contributed by atoms with E-state index in [4.69, 9.17) is 10.4 Å². The number of unbranched alkanes of at least 4 members (excludes halogenated alkanes) is 2. The van der Waals surface area contributed by atoms with Crippen LogP contribution in [-0.2, 0) is 12.8 Å². The number of hydrogen-bond acceptors (Lipinski definition) is 5. The van der Waals surface area contributed by atoms with Crippen molar-refractivity contribution < 1.29 is 0 Å². The average Bonchev–Trinajstić information content (AvgIpc) is 3.69. The molecule has 0 radical (unpaired) electrons. The van der Waals surface area contributed by atoms with Gasteiger partial charge in [0.1, 0.15) is 17.2 Å². The minimum absolute atomic E-state index is 0.0866. The highest BCUT2D eigenvalue weighted by Gasteiger charge is 2.31. The predicted molar refractivity (Wildman–Crippen MR) is 138 cm³/mol. The maximum Gasteiger partial charge on any atom is 0.262 e. The molecule has 6 heteroatoms. The van der Waals surface area contributed by atoms with Crippen LogP contribution in [0.2, 0.25) is 0 Å². The fourth-order valence-corrected chi connectivity index (χ4v) is 4.26. The van der Waals surface area contributed by atoms with E-state index in [1.54, 1.807) is 6.20 Å². The van der Waals surface area contributed by atoms with Crippen molar-refractivity contribution in [3.8, 4) is 0 Å². The van der Waals surface area contributed by atoms with Crippen molar-refractivity contribution in [3.63, 3.8) is 0 Å². The molecular formula is C28H35N5O. The van der Waals surface area contributed by atoms with Crippen LogP contribution in [0.15, 0.2) is 53.5 Å². The SMILES string of the molecule is CCCCCc1ccc(Cc2nc(NC(CC)c3ccccn3)c(C(=N)C3CC3)c(=O)[nH]2)cc1. The number of pyridine rings is 1. The molecule has 2 aromatic heterocycles. The van der Waals surface area contributed by atoms with E-state index in [9.17, 15) is 4.79 Å². The second-order valence-corrected chi connectivity index (χ2v) is 9.23. The van der Waals surface area contributed by atoms with Crippen molar-refractivity contribution in [1.29, 1.82) is 5.41 Å². The molecule has 1 unspecified atom stereocenters. The Morgan fingerprint density at radius 3 is 2.53 bits per heavy atom. The van der Waals surface area contributed by atoms with Gasteiger partial charge in [-0.15, -0.1) is 0 Å². The lowest BCUT2D eigenvalue weighted by Crippen LogP contribution is -2.26. The highest BCUT2D eigenvalue weighted by atomic mass is 16.1. The molecule has 34 heavy (non-hydrogen) atoms. The lowest BCUT2D eigenvalue weighted by atomic mass is 10.0. The first kappa shape index (κ1) is 23.9. The van der Waals surface area contributed by atoms with Gasteiger partial charge < -0.3 is 15.7 Å². The van der Waals surface area contributed by atoms with Crippen molar-refractivity contribution in [3.05, 3.63) is 87.2 Å². The minimum atomic E-state index is -0.239. The van der Waals surface area contributed by atoms with Crippen molar-refractivity contribution in [2.24, 2.45) is 5.92 Å². The summed E-state index contributed by atoms with van der Waals surface area (Å²) in [6, 6.07) is 14.3. The van der Waals surface area contributed by atoms with Crippen LogP contribution in [-0.4, -0.2) is 20.7 Å². The first-order valence-corrected chi connectivity index (χ1v) is 12.6. The Kier molecular flexibility index (Phi) is 7.88. The topological polar surface area (TPSA) is 94.5 Å². The smallest absolute Gasteiger partial charge is 0.262 e. The van der Waals surface area contributed by atoms with E-state index >= 15 is 0 Å². The molecule has 3 N–H and O–H groups in total. The van der Waals surface area contributed by atoms with E-state index in [1.807, 2.05) is 18.2 Å². The third-order valence-electron chi connectivity index (χ3n) is 6.45. The molecule has 1 saturated carbocycles. The van der Waals surface area contributed by atoms with Crippen molar-refractivity contribution in [2.45, 2.75) is 71.3 Å². The molecule has 1 atom stereocenters. The Balaban J connectivity index is 1.59. The quantitative estimate of drug-likeness (QED) is 0.236. The third-order valence-corrected chi connectivity index (χ3v) is 6.45. The summed E-state index contributed by atoms with van der Waals surface area (Å²) in [4.78, 5) is 25.4. The molecule has 1 aliphatic rings. The van der Waals surface area contributed by atoms with E-state index in [-0.39, 0.29) is 17.5 Å². The number of nitrogens with zero attached hydrogens (tertiary/aromatic N) is 2. The zero-order valence-corrected chi connectivity index (χ0v) is 20.2. The zero-order valence-electron chi connectivity index (χ0n) is 20.2. The maximum absolute atomic E-state index is 13.1. The number of aromatic nitrogens is 3. The molecule has 0 aliphatic heterocycles. The zero-order chi connectivity index (χ0) is 23.9. The number of hydrogen-bond donors (Lipinski definition) is 3. The molecule has 6 nitrogen and oxygen atoms in total. The molecule has 178 valence electrons. The number of aryl methyl sites for hydroxylation is 1. The van der Waals surface area contributed by atoms with Gasteiger partial charge in [0.05, 0.1) is 17.4 Å². The summed E-state index contributed by atoms with van der Waals surface area (Å²) in [7, 11) is 0. The predicted octanol–water partition coefficient (Wildman–Crippen LogP) is 5.83. The first-order valence-electron chi connectivity index (χ1n) is 12.6. The lowest BCUT2D eigenvalue weighted by molar-refractivity contribution is 0.715. The van der Waals surface area contributed by atoms with Crippen LogP contribution in [0.5, 0.6) is 0 Å². The van der Waals surface area contributed by atoms with Crippen molar-refractivity contribution in [2.75, 3.05) is 5.32 Å². The average molecular weight is 458 g/mol. The number of benzene rings is 1. The normalized spacial score (nSPS) is 14.1. The van der Waals surface area contributed by atoms with E-state index in [2.05, 4.69) is 53.4 Å². The van der Waals surface area contributed by atoms with Gasteiger partial charge in [-0.1, -0.05) is 57.0 Å². The summed E-state index contributed by atoms with van der Waals surface area (Å²) >= 11 is 0. The number of H-pyrrole nitrogens is 1. The molecule has 4 rings (SSSR count). The summed E-state index contributed by atoms with van der Waals surface area (Å²) in [6.45, 7) is 4.30. The van der Waals surface area contributed by atoms with Crippen LogP contribution in [0.3, 0.4) is 0 Å². The summed E-state index contributed by atoms with van der Waals surface area (Å²) in [5.41, 5.74) is 3.86. The van der Waals surface area contributed by atoms with E-state index < -0.39 is 0 Å². The van der Waals surface area contributed by atoms with Gasteiger partial charge in [0.25, 0.3) is 5.56 Å². The van der Waals surface area contributed by atoms with E-state index in [0.717, 1.165) is 36.9 Å². The molecule has 2 heterocycles. The standard InChI is InChI=1S/C28H35N5O/c1-3-5-6-9-19-11-13-20(14-12-19)18-24-32-27(25(28(34)33-24)26(29)21-15-16-21)31-22(4-2)23-10-7-8-17-30-23/h7-8,10-14,17,21-22,29H,3-6,9,15-16,18H2,1-2H3,(H2,31,32,33,34). The van der Waals surface area contributed by atoms with Gasteiger partial charge in [0.15, 0.2) is 0 Å². The number of nitrogens with one attached hydrogen (secondary N) is 3. The molecule has 0 amide bonds. The van der Waals surface area contributed by atoms with Gasteiger partial charge in [0, 0.05) is 18.5 Å². The van der Waals surface area contributed by atoms with Crippen LogP contribution in [0, 0.1) is 11.3 Å². The molecule has 1 aliphatic carbocycles. The summed E-state index contributed by atoms with van der Waals surface area (Å²) in [6.07, 6.45) is 9.80. The van der Waals surface area contributed by atoms with E-state index in [0.29, 0.717) is 29.3 Å². The Bertz CT molecular complexity index is 1150. The summed E-state index contributed by atoms with van der Waals surface area (Å²) < 4.78 is 0. The van der Waals surface area contributed by atoms with Crippen LogP contribution in [0.4, 0.5) is 5.82 Å². The molecule has 0 bridgehead atoms. The van der Waals surface area contributed by atoms with Crippen LogP contribution < -0.4 is 10.9 Å². The van der Waals surface area contributed by atoms with Gasteiger partial charge >= 0.3 is 0 Å². The second kappa shape index (κ2) is 11.2. The molecule has 1 aromatic carbocycles. The van der Waals surface area contributed by atoms with Crippen LogP contribution in [0.25, 0.3) is 0 Å². The largest absolute Gasteiger partial charge is 0.361 e. The van der Waals surface area contributed by atoms with Gasteiger partial charge in [-0.05, 0) is 55.4 Å². The molecular weight excluding hydrogens is 422 g/mol. The minimum Gasteiger partial charge on any atom is -0.361 e. The van der Waals surface area contributed by atoms with Gasteiger partial charge in [-0.3, -0.25) is 9.78 Å². The number of rotatable bonds is 12.